The zero-order valence-corrected chi connectivity index (χ0v) is 68.3. The van der Waals surface area contributed by atoms with Crippen molar-refractivity contribution in [3.05, 3.63) is 213 Å². The van der Waals surface area contributed by atoms with E-state index in [1.165, 1.54) is 36.2 Å². The first kappa shape index (κ1) is 84.7. The number of H-pyrrole nitrogens is 1. The number of hydrogen-bond acceptors (Lipinski definition) is 29. The number of carboxylic acid groups (broad SMARTS) is 3. The van der Waals surface area contributed by atoms with Crippen molar-refractivity contribution in [2.75, 3.05) is 55.4 Å². The fraction of sp³-hybridized carbons (Fsp3) is 0.354. The van der Waals surface area contributed by atoms with Gasteiger partial charge in [-0.3, -0.25) is 20.5 Å². The number of carbonyl (C=O) groups is 6. The molecule has 4 saturated heterocycles. The molecule has 42 heteroatoms. The maximum Gasteiger partial charge on any atom is 0.347 e. The summed E-state index contributed by atoms with van der Waals surface area (Å²) in [4.78, 5) is 122. The van der Waals surface area contributed by atoms with Gasteiger partial charge in [-0.05, 0) is 56.9 Å². The van der Waals surface area contributed by atoms with Gasteiger partial charge in [0.15, 0.2) is 76.0 Å². The van der Waals surface area contributed by atoms with E-state index >= 15 is 0 Å². The highest BCUT2D eigenvalue weighted by molar-refractivity contribution is 7.12. The van der Waals surface area contributed by atoms with E-state index in [2.05, 4.69) is 91.7 Å². The molecule has 4 aliphatic heterocycles. The molecule has 0 radical (unpaired) electrons. The van der Waals surface area contributed by atoms with Crippen LogP contribution in [0.1, 0.15) is 122 Å². The van der Waals surface area contributed by atoms with E-state index in [4.69, 9.17) is 47.4 Å². The zero-order chi connectivity index (χ0) is 85.7. The van der Waals surface area contributed by atoms with E-state index in [-0.39, 0.29) is 108 Å². The topological polar surface area (TPSA) is 500 Å². The molecule has 40 nitrogen and oxygen atoms in total. The maximum absolute atomic E-state index is 12.1. The lowest BCUT2D eigenvalue weighted by atomic mass is 10.1. The Kier molecular flexibility index (Phi) is 26.7. The number of carboxylic acids is 3. The minimum Gasteiger partial charge on any atom is -0.478 e. The number of aromatic carboxylic acids is 3. The molecule has 12 aromatic rings. The number of ether oxygens (including phenoxy) is 10. The van der Waals surface area contributed by atoms with Gasteiger partial charge < -0.3 is 92.8 Å². The summed E-state index contributed by atoms with van der Waals surface area (Å²) in [6, 6.07) is 27.8. The van der Waals surface area contributed by atoms with Crippen LogP contribution in [0.3, 0.4) is 0 Å². The fourth-order valence-electron chi connectivity index (χ4n) is 15.7. The lowest BCUT2D eigenvalue weighted by molar-refractivity contribution is -0.158. The van der Waals surface area contributed by atoms with E-state index in [1.807, 2.05) is 145 Å². The maximum atomic E-state index is 12.1. The van der Waals surface area contributed by atoms with Gasteiger partial charge in [-0.15, -0.1) is 22.7 Å². The predicted octanol–water partition coefficient (Wildman–Crippen LogP) is 10.0. The molecule has 0 spiro atoms. The highest BCUT2D eigenvalue weighted by atomic mass is 32.1. The summed E-state index contributed by atoms with van der Waals surface area (Å²) < 4.78 is 68.1. The number of benzene rings is 3. The Morgan fingerprint density at radius 2 is 0.895 bits per heavy atom. The normalized spacial score (nSPS) is 23.5. The number of urea groups is 3. The van der Waals surface area contributed by atoms with Crippen molar-refractivity contribution in [2.45, 2.75) is 133 Å². The van der Waals surface area contributed by atoms with Crippen LogP contribution < -0.4 is 31.9 Å². The minimum absolute atomic E-state index is 0.00605. The molecule has 12 unspecified atom stereocenters. The largest absolute Gasteiger partial charge is 0.478 e. The number of carbonyl (C=O) groups excluding carboxylic acids is 3. The molecule has 124 heavy (non-hydrogen) atoms. The van der Waals surface area contributed by atoms with Gasteiger partial charge in [0.05, 0.1) is 111 Å². The number of hydrogen-bond donors (Lipinski definition) is 10. The van der Waals surface area contributed by atoms with Crippen LogP contribution in [0, 0.1) is 11.8 Å². The van der Waals surface area contributed by atoms with E-state index in [9.17, 15) is 44.1 Å². The van der Waals surface area contributed by atoms with E-state index in [0.29, 0.717) is 108 Å². The Labute approximate surface area is 713 Å². The second-order valence-electron chi connectivity index (χ2n) is 29.0. The third-order valence-electron chi connectivity index (χ3n) is 21.2. The van der Waals surface area contributed by atoms with Gasteiger partial charge in [0, 0.05) is 55.0 Å². The summed E-state index contributed by atoms with van der Waals surface area (Å²) in [7, 11) is 0. The van der Waals surface area contributed by atoms with Crippen LogP contribution >= 0.6 is 22.7 Å². The van der Waals surface area contributed by atoms with Crippen molar-refractivity contribution < 1.29 is 91.5 Å². The molecule has 3 aromatic carbocycles. The van der Waals surface area contributed by atoms with Crippen LogP contribution in [0.25, 0.3) is 45.6 Å². The van der Waals surface area contributed by atoms with Gasteiger partial charge >= 0.3 is 36.0 Å². The number of aromatic amines is 1. The molecule has 2 saturated carbocycles. The highest BCUT2D eigenvalue weighted by Gasteiger charge is 2.56. The van der Waals surface area contributed by atoms with Gasteiger partial charge in [-0.2, -0.15) is 0 Å². The van der Waals surface area contributed by atoms with E-state index < -0.39 is 67.3 Å². The molecular weight excluding hydrogens is 1650 g/mol. The molecule has 13 heterocycles. The first-order chi connectivity index (χ1) is 60.6. The van der Waals surface area contributed by atoms with Gasteiger partial charge in [-0.25, -0.2) is 83.6 Å². The highest BCUT2D eigenvalue weighted by Crippen LogP contribution is 2.49. The van der Waals surface area contributed by atoms with Crippen LogP contribution in [-0.2, 0) is 67.2 Å². The number of rotatable bonds is 29. The van der Waals surface area contributed by atoms with Crippen molar-refractivity contribution in [1.29, 1.82) is 0 Å². The van der Waals surface area contributed by atoms with Gasteiger partial charge in [0.2, 0.25) is 0 Å². The molecule has 0 bridgehead atoms. The molecule has 10 N–H and O–H groups in total. The number of anilines is 3. The molecular formula is C82H85N21O19S2. The van der Waals surface area contributed by atoms with Gasteiger partial charge in [0.1, 0.15) is 59.3 Å². The molecule has 6 amide bonds. The minimum atomic E-state index is -1.05. The van der Waals surface area contributed by atoms with E-state index in [0.717, 1.165) is 39.4 Å². The molecule has 6 fully saturated rings. The number of nitrogens with zero attached hydrogens (tertiary/aromatic N) is 14. The standard InChI is InChI=1S/C29H31N7O6.C28H29N7O6S.C25H25N7O7S/c1-2-31-29(39)35-26-23-27(33-15-32-26)36(16-34-23)21-10-18(13-40-14-19-11-30-12-20(19)28(37)38)24-25(21)42-22(41-24)9-8-17-6-4-3-5-7-17;1-2-29-28(38)34-25-21-26(31-13-30-25)35(14-32-21)19-10-17(11-39-12-18-24(27(36)37)42-15-33-18)22-23(19)41-20(40-22)9-8-16-6-4-3-5-7-16;1-2-26-25(35)31-20-16-21(28-10-27-20)32(11-29-16)22-18-17(38-24(39-18)13-6-4-3-5-7-13)15(37-22)9-36-8-14-19(23(33)34)40-12-30-14/h3-9,11-12,15-16,18,21-22,24-25,30H,2,10,13-14H2,1H3,(H,37,38)(H2,31,32,33,35,39);3-9,13-15,17,19-20,22-23H,2,10-12H2,1H3,(H,36,37)(H2,29,30,31,34,38);3-7,10-12,15,17-18,22,24H,2,8-9H2,1H3,(H,33,34)(H2,26,27,28,31,35)/b2*9-8+;/t18?,21?,22-,24?,25?;17?,19?,20-,22?,23?;15?,17?,18?,22?,24-/m000/s1. The van der Waals surface area contributed by atoms with Crippen molar-refractivity contribution in [3.8, 4) is 0 Å². The Hall–Kier alpha value is -12.9. The summed E-state index contributed by atoms with van der Waals surface area (Å²) in [5.41, 5.74) is 10.3. The number of aromatic nitrogens is 15. The monoisotopic (exact) mass is 1730 g/mol. The number of thiazole rings is 2. The van der Waals surface area contributed by atoms with Gasteiger partial charge in [0.25, 0.3) is 0 Å². The molecule has 9 aromatic heterocycles. The molecule has 6 aliphatic rings. The molecule has 2 aliphatic carbocycles. The Bertz CT molecular complexity index is 5560. The quantitative estimate of drug-likeness (QED) is 0.0208. The first-order valence-corrected chi connectivity index (χ1v) is 41.5. The van der Waals surface area contributed by atoms with Crippen LogP contribution in [0.5, 0.6) is 0 Å². The number of fused-ring (bicyclic) bond motifs is 6. The van der Waals surface area contributed by atoms with Crippen molar-refractivity contribution in [3.63, 3.8) is 0 Å². The number of amides is 6. The summed E-state index contributed by atoms with van der Waals surface area (Å²) in [6.07, 6.45) is 15.9. The average Bonchev–Trinajstić information content (AvgIpc) is 1.60. The Morgan fingerprint density at radius 3 is 1.35 bits per heavy atom. The van der Waals surface area contributed by atoms with Crippen molar-refractivity contribution in [2.24, 2.45) is 11.8 Å². The van der Waals surface area contributed by atoms with Crippen LogP contribution in [0.15, 0.2) is 165 Å². The van der Waals surface area contributed by atoms with Crippen LogP contribution in [-0.4, -0.2) is 220 Å². The lowest BCUT2D eigenvalue weighted by Crippen LogP contribution is -2.31. The van der Waals surface area contributed by atoms with Crippen molar-refractivity contribution >= 4 is 122 Å². The summed E-state index contributed by atoms with van der Waals surface area (Å²) in [6.45, 7) is 7.87. The summed E-state index contributed by atoms with van der Waals surface area (Å²) >= 11 is 2.11. The van der Waals surface area contributed by atoms with Crippen molar-refractivity contribution in [1.82, 2.24) is 89.5 Å². The number of imidazole rings is 3. The second kappa shape index (κ2) is 39.1. The second-order valence-corrected chi connectivity index (χ2v) is 30.7. The SMILES string of the molecule is CCNC(=O)Nc1ncnc2c1ncn2C1CC(COCc2c[nH]cc2C(=O)O)C2O[C@H](/C=C/c3ccccc3)OC21.CCNC(=O)Nc1ncnc2c1ncn2C1CC(COCc2ncsc2C(=O)O)C2O[C@H](/C=C/c3ccccc3)OC21.CCNC(=O)Nc1ncnc2c1ncn2C1OC(COCc2ncsc2C(=O)O)C2O[C@H](c3ccccc3)OC21. The van der Waals surface area contributed by atoms with Crippen LogP contribution in [0.2, 0.25) is 0 Å². The summed E-state index contributed by atoms with van der Waals surface area (Å²) in [5, 5.41) is 44.3. The third kappa shape index (κ3) is 19.0. The fourth-order valence-corrected chi connectivity index (χ4v) is 17.0. The Balaban J connectivity index is 0.000000138. The lowest BCUT2D eigenvalue weighted by Gasteiger charge is -2.21. The first-order valence-electron chi connectivity index (χ1n) is 39.8. The smallest absolute Gasteiger partial charge is 0.347 e. The zero-order valence-electron chi connectivity index (χ0n) is 66.6. The number of nitrogens with one attached hydrogen (secondary N) is 7. The molecule has 644 valence electrons. The predicted molar refractivity (Wildman–Crippen MR) is 444 cm³/mol. The Morgan fingerprint density at radius 1 is 0.468 bits per heavy atom. The average molecular weight is 1730 g/mol. The molecule has 15 atom stereocenters. The third-order valence-corrected chi connectivity index (χ3v) is 22.9. The molecule has 18 rings (SSSR count). The summed E-state index contributed by atoms with van der Waals surface area (Å²) in [5.74, 6) is -2.31. The van der Waals surface area contributed by atoms with E-state index in [1.54, 1.807) is 29.7 Å². The van der Waals surface area contributed by atoms with Crippen LogP contribution in [0.4, 0.5) is 31.8 Å². The van der Waals surface area contributed by atoms with Gasteiger partial charge in [-0.1, -0.05) is 103 Å².